The average molecular weight is 255 g/mol. The maximum Gasteiger partial charge on any atom is 0.273 e. The van der Waals surface area contributed by atoms with Crippen LogP contribution in [0.2, 0.25) is 0 Å². The van der Waals surface area contributed by atoms with Gasteiger partial charge in [-0.1, -0.05) is 0 Å². The minimum atomic E-state index is -0.488. The number of pyridine rings is 1. The average Bonchev–Trinajstić information content (AvgIpc) is 2.42. The van der Waals surface area contributed by atoms with E-state index in [2.05, 4.69) is 4.98 Å². The summed E-state index contributed by atoms with van der Waals surface area (Å²) in [5, 5.41) is 19.4. The van der Waals surface area contributed by atoms with Gasteiger partial charge in [0.25, 0.3) is 5.69 Å². The van der Waals surface area contributed by atoms with Gasteiger partial charge < -0.3 is 4.74 Å². The Bertz CT molecular complexity index is 660. The molecule has 2 aromatic rings. The van der Waals surface area contributed by atoms with Gasteiger partial charge in [0, 0.05) is 18.3 Å². The van der Waals surface area contributed by atoms with Crippen molar-refractivity contribution in [1.82, 2.24) is 4.98 Å². The zero-order chi connectivity index (χ0) is 13.8. The van der Waals surface area contributed by atoms with Gasteiger partial charge in [0.1, 0.15) is 11.8 Å². The van der Waals surface area contributed by atoms with Crippen molar-refractivity contribution in [1.29, 1.82) is 5.26 Å². The van der Waals surface area contributed by atoms with Gasteiger partial charge in [0.15, 0.2) is 0 Å². The molecule has 0 fully saturated rings. The van der Waals surface area contributed by atoms with Crippen LogP contribution in [0, 0.1) is 28.4 Å². The van der Waals surface area contributed by atoms with Crippen LogP contribution in [0.5, 0.6) is 11.6 Å². The van der Waals surface area contributed by atoms with E-state index in [1.54, 1.807) is 19.1 Å². The fourth-order valence-electron chi connectivity index (χ4n) is 1.43. The molecule has 0 saturated carbocycles. The minimum absolute atomic E-state index is 0.0470. The van der Waals surface area contributed by atoms with E-state index in [-0.39, 0.29) is 11.6 Å². The second-order valence-electron chi connectivity index (χ2n) is 3.81. The first kappa shape index (κ1) is 12.5. The van der Waals surface area contributed by atoms with Crippen LogP contribution in [0.1, 0.15) is 11.1 Å². The largest absolute Gasteiger partial charge is 0.439 e. The Kier molecular flexibility index (Phi) is 3.39. The van der Waals surface area contributed by atoms with E-state index < -0.39 is 4.92 Å². The predicted octanol–water partition coefficient (Wildman–Crippen LogP) is 2.96. The molecule has 0 amide bonds. The second kappa shape index (κ2) is 5.14. The maximum atomic E-state index is 10.7. The molecule has 0 unspecified atom stereocenters. The van der Waals surface area contributed by atoms with Crippen LogP contribution in [0.15, 0.2) is 36.5 Å². The molecule has 6 heteroatoms. The lowest BCUT2D eigenvalue weighted by molar-refractivity contribution is -0.384. The van der Waals surface area contributed by atoms with Gasteiger partial charge in [-0.15, -0.1) is 0 Å². The number of nitrogens with zero attached hydrogens (tertiary/aromatic N) is 3. The highest BCUT2D eigenvalue weighted by atomic mass is 16.6. The van der Waals surface area contributed by atoms with Crippen molar-refractivity contribution in [3.8, 4) is 17.7 Å². The van der Waals surface area contributed by atoms with Crippen LogP contribution in [-0.2, 0) is 0 Å². The van der Waals surface area contributed by atoms with Gasteiger partial charge in [0.2, 0.25) is 5.88 Å². The maximum absolute atomic E-state index is 10.7. The summed E-state index contributed by atoms with van der Waals surface area (Å²) in [4.78, 5) is 14.2. The van der Waals surface area contributed by atoms with Crippen LogP contribution in [0.25, 0.3) is 0 Å². The Morgan fingerprint density at radius 3 is 2.74 bits per heavy atom. The molecule has 0 saturated heterocycles. The summed E-state index contributed by atoms with van der Waals surface area (Å²) in [7, 11) is 0. The summed E-state index contributed by atoms with van der Waals surface area (Å²) in [6.45, 7) is 1.78. The number of non-ortho nitro benzene ring substituents is 1. The number of rotatable bonds is 3. The summed E-state index contributed by atoms with van der Waals surface area (Å²) in [5.41, 5.74) is 1.13. The number of ether oxygens (including phenoxy) is 1. The lowest BCUT2D eigenvalue weighted by Crippen LogP contribution is -1.93. The number of aryl methyl sites for hydroxylation is 1. The molecule has 0 spiro atoms. The molecule has 0 aliphatic carbocycles. The summed E-state index contributed by atoms with van der Waals surface area (Å²) in [5.74, 6) is 0.647. The fourth-order valence-corrected chi connectivity index (χ4v) is 1.43. The third kappa shape index (κ3) is 2.84. The van der Waals surface area contributed by atoms with Crippen molar-refractivity contribution < 1.29 is 9.66 Å². The van der Waals surface area contributed by atoms with Gasteiger partial charge in [0.05, 0.1) is 16.6 Å². The van der Waals surface area contributed by atoms with Gasteiger partial charge >= 0.3 is 0 Å². The van der Waals surface area contributed by atoms with E-state index in [4.69, 9.17) is 10.00 Å². The third-order valence-corrected chi connectivity index (χ3v) is 2.46. The van der Waals surface area contributed by atoms with E-state index >= 15 is 0 Å². The number of benzene rings is 1. The molecular formula is C13H9N3O3. The second-order valence-corrected chi connectivity index (χ2v) is 3.81. The zero-order valence-corrected chi connectivity index (χ0v) is 10.0. The summed E-state index contributed by atoms with van der Waals surface area (Å²) in [6, 6.07) is 9.41. The Balaban J connectivity index is 2.29. The Morgan fingerprint density at radius 1 is 1.37 bits per heavy atom. The summed E-state index contributed by atoms with van der Waals surface area (Å²) in [6.07, 6.45) is 1.38. The van der Waals surface area contributed by atoms with E-state index in [1.165, 1.54) is 24.4 Å². The number of hydrogen-bond acceptors (Lipinski definition) is 5. The van der Waals surface area contributed by atoms with Gasteiger partial charge in [-0.3, -0.25) is 10.1 Å². The minimum Gasteiger partial charge on any atom is -0.439 e. The van der Waals surface area contributed by atoms with E-state index in [0.717, 1.165) is 5.56 Å². The highest BCUT2D eigenvalue weighted by Crippen LogP contribution is 2.27. The standard InChI is InChI=1S/C13H9N3O3/c1-9-2-4-11(16(17)18)6-12(9)19-13-5-3-10(7-14)8-15-13/h2-6,8H,1H3. The van der Waals surface area contributed by atoms with Crippen molar-refractivity contribution in [2.24, 2.45) is 0 Å². The quantitative estimate of drug-likeness (QED) is 0.621. The fraction of sp³-hybridized carbons (Fsp3) is 0.0769. The number of nitriles is 1. The molecule has 2 rings (SSSR count). The molecule has 0 bridgehead atoms. The van der Waals surface area contributed by atoms with Crippen LogP contribution in [-0.4, -0.2) is 9.91 Å². The molecule has 1 aromatic heterocycles. The Labute approximate surface area is 109 Å². The number of aromatic nitrogens is 1. The molecule has 1 aromatic carbocycles. The number of nitro groups is 1. The molecule has 0 aliphatic rings. The van der Waals surface area contributed by atoms with Crippen molar-refractivity contribution in [2.45, 2.75) is 6.92 Å². The summed E-state index contributed by atoms with van der Waals surface area (Å²) < 4.78 is 5.47. The van der Waals surface area contributed by atoms with Crippen LogP contribution in [0.3, 0.4) is 0 Å². The molecule has 1 heterocycles. The molecule has 6 nitrogen and oxygen atoms in total. The number of hydrogen-bond donors (Lipinski definition) is 0. The lowest BCUT2D eigenvalue weighted by Gasteiger charge is -2.07. The first-order chi connectivity index (χ1) is 9.10. The van der Waals surface area contributed by atoms with E-state index in [9.17, 15) is 10.1 Å². The molecule has 0 atom stereocenters. The van der Waals surface area contributed by atoms with Crippen molar-refractivity contribution in [3.63, 3.8) is 0 Å². The molecule has 0 N–H and O–H groups in total. The van der Waals surface area contributed by atoms with Gasteiger partial charge in [-0.05, 0) is 24.6 Å². The van der Waals surface area contributed by atoms with Crippen LogP contribution >= 0.6 is 0 Å². The Morgan fingerprint density at radius 2 is 2.16 bits per heavy atom. The van der Waals surface area contributed by atoms with Gasteiger partial charge in [-0.25, -0.2) is 4.98 Å². The zero-order valence-electron chi connectivity index (χ0n) is 10.0. The van der Waals surface area contributed by atoms with Crippen molar-refractivity contribution in [3.05, 3.63) is 57.8 Å². The topological polar surface area (TPSA) is 89.0 Å². The van der Waals surface area contributed by atoms with E-state index in [0.29, 0.717) is 11.3 Å². The van der Waals surface area contributed by atoms with E-state index in [1.807, 2.05) is 6.07 Å². The summed E-state index contributed by atoms with van der Waals surface area (Å²) >= 11 is 0. The SMILES string of the molecule is Cc1ccc([N+](=O)[O-])cc1Oc1ccc(C#N)cn1. The molecule has 0 aliphatic heterocycles. The molecule has 19 heavy (non-hydrogen) atoms. The highest BCUT2D eigenvalue weighted by Gasteiger charge is 2.10. The predicted molar refractivity (Wildman–Crippen MR) is 66.9 cm³/mol. The lowest BCUT2D eigenvalue weighted by atomic mass is 10.2. The molecule has 94 valence electrons. The van der Waals surface area contributed by atoms with Crippen LogP contribution < -0.4 is 4.74 Å². The first-order valence-corrected chi connectivity index (χ1v) is 5.39. The first-order valence-electron chi connectivity index (χ1n) is 5.39. The van der Waals surface area contributed by atoms with Crippen molar-refractivity contribution >= 4 is 5.69 Å². The number of nitro benzene ring substituents is 1. The molecular weight excluding hydrogens is 246 g/mol. The van der Waals surface area contributed by atoms with Crippen molar-refractivity contribution in [2.75, 3.05) is 0 Å². The third-order valence-electron chi connectivity index (χ3n) is 2.46. The highest BCUT2D eigenvalue weighted by molar-refractivity contribution is 5.45. The normalized spacial score (nSPS) is 9.68. The smallest absolute Gasteiger partial charge is 0.273 e. The van der Waals surface area contributed by atoms with Crippen LogP contribution in [0.4, 0.5) is 5.69 Å². The molecule has 0 radical (unpaired) electrons. The monoisotopic (exact) mass is 255 g/mol. The Hall–Kier alpha value is -2.94. The van der Waals surface area contributed by atoms with Gasteiger partial charge in [-0.2, -0.15) is 5.26 Å².